The molecule has 1 N–H and O–H groups in total. The van der Waals surface area contributed by atoms with Crippen LogP contribution < -0.4 is 5.43 Å². The van der Waals surface area contributed by atoms with Crippen molar-refractivity contribution in [3.8, 4) is 0 Å². The van der Waals surface area contributed by atoms with Crippen LogP contribution in [0.2, 0.25) is 0 Å². The molecule has 122 valence electrons. The normalized spacial score (nSPS) is 19.9. The number of fused-ring (bicyclic) bond motifs is 1. The van der Waals surface area contributed by atoms with E-state index in [9.17, 15) is 4.79 Å². The molecule has 24 heavy (non-hydrogen) atoms. The molecule has 2 heterocycles. The minimum absolute atomic E-state index is 0.278. The van der Waals surface area contributed by atoms with Gasteiger partial charge in [-0.25, -0.2) is 5.43 Å². The van der Waals surface area contributed by atoms with Crippen LogP contribution in [-0.4, -0.2) is 12.1 Å². The first kappa shape index (κ1) is 14.8. The predicted molar refractivity (Wildman–Crippen MR) is 91.2 cm³/mol. The van der Waals surface area contributed by atoms with Crippen molar-refractivity contribution in [2.75, 3.05) is 0 Å². The maximum absolute atomic E-state index is 12.2. The molecule has 0 aliphatic heterocycles. The summed E-state index contributed by atoms with van der Waals surface area (Å²) in [6.07, 6.45) is 2.68. The lowest BCUT2D eigenvalue weighted by Gasteiger charge is -1.96. The number of hydrazone groups is 1. The van der Waals surface area contributed by atoms with Crippen LogP contribution in [0.25, 0.3) is 11.0 Å². The molecular weight excluding hydrogens is 304 g/mol. The van der Waals surface area contributed by atoms with E-state index >= 15 is 0 Å². The highest BCUT2D eigenvalue weighted by Gasteiger charge is 2.36. The average molecular weight is 322 g/mol. The summed E-state index contributed by atoms with van der Waals surface area (Å²) >= 11 is 0. The van der Waals surface area contributed by atoms with Gasteiger partial charge in [0.25, 0.3) is 0 Å². The van der Waals surface area contributed by atoms with Gasteiger partial charge in [0.05, 0.1) is 6.21 Å². The third-order valence-corrected chi connectivity index (χ3v) is 4.53. The number of carbonyl (C=O) groups excluding carboxylic acids is 1. The number of rotatable bonds is 4. The lowest BCUT2D eigenvalue weighted by molar-refractivity contribution is 0.0929. The molecule has 5 heteroatoms. The SMILES string of the molecule is Cc1c(C(=O)N/N=C\c2ccc([C@@H]3C[C@@H]3C)o2)oc2ccccc12. The van der Waals surface area contributed by atoms with E-state index in [2.05, 4.69) is 17.5 Å². The highest BCUT2D eigenvalue weighted by atomic mass is 16.3. The topological polar surface area (TPSA) is 67.7 Å². The van der Waals surface area contributed by atoms with Crippen molar-refractivity contribution < 1.29 is 13.6 Å². The summed E-state index contributed by atoms with van der Waals surface area (Å²) in [4.78, 5) is 12.2. The predicted octanol–water partition coefficient (Wildman–Crippen LogP) is 4.22. The first-order chi connectivity index (χ1) is 11.6. The molecule has 5 nitrogen and oxygen atoms in total. The lowest BCUT2D eigenvalue weighted by Crippen LogP contribution is -2.17. The van der Waals surface area contributed by atoms with Crippen LogP contribution in [0.3, 0.4) is 0 Å². The molecule has 0 saturated heterocycles. The largest absolute Gasteiger partial charge is 0.460 e. The zero-order chi connectivity index (χ0) is 16.7. The molecule has 0 bridgehead atoms. The van der Waals surface area contributed by atoms with Crippen LogP contribution >= 0.6 is 0 Å². The number of aryl methyl sites for hydroxylation is 1. The number of carbonyl (C=O) groups is 1. The highest BCUT2D eigenvalue weighted by molar-refractivity contribution is 5.99. The first-order valence-corrected chi connectivity index (χ1v) is 8.04. The Morgan fingerprint density at radius 2 is 2.04 bits per heavy atom. The Bertz CT molecular complexity index is 935. The van der Waals surface area contributed by atoms with Gasteiger partial charge in [-0.1, -0.05) is 25.1 Å². The van der Waals surface area contributed by atoms with Crippen LogP contribution in [0.1, 0.15) is 46.9 Å². The Labute approximate surface area is 139 Å². The second-order valence-electron chi connectivity index (χ2n) is 6.31. The molecule has 1 aliphatic carbocycles. The Morgan fingerprint density at radius 3 is 2.79 bits per heavy atom. The van der Waals surface area contributed by atoms with Crippen LogP contribution in [0.4, 0.5) is 0 Å². The van der Waals surface area contributed by atoms with Crippen LogP contribution in [0.15, 0.2) is 50.3 Å². The Kier molecular flexibility index (Phi) is 3.49. The van der Waals surface area contributed by atoms with Gasteiger partial charge >= 0.3 is 5.91 Å². The van der Waals surface area contributed by atoms with Crippen LogP contribution in [-0.2, 0) is 0 Å². The Morgan fingerprint density at radius 1 is 1.25 bits per heavy atom. The summed E-state index contributed by atoms with van der Waals surface area (Å²) in [6, 6.07) is 11.4. The van der Waals surface area contributed by atoms with Gasteiger partial charge in [0, 0.05) is 16.9 Å². The maximum Gasteiger partial charge on any atom is 0.307 e. The average Bonchev–Trinajstić information content (AvgIpc) is 2.99. The van der Waals surface area contributed by atoms with E-state index in [0.29, 0.717) is 23.2 Å². The maximum atomic E-state index is 12.2. The Hall–Kier alpha value is -2.82. The van der Waals surface area contributed by atoms with E-state index in [1.165, 1.54) is 12.6 Å². The van der Waals surface area contributed by atoms with Crippen molar-refractivity contribution in [3.05, 3.63) is 59.2 Å². The zero-order valence-electron chi connectivity index (χ0n) is 13.6. The fraction of sp³-hybridized carbons (Fsp3) is 0.263. The monoisotopic (exact) mass is 322 g/mol. The summed E-state index contributed by atoms with van der Waals surface area (Å²) < 4.78 is 11.3. The zero-order valence-corrected chi connectivity index (χ0v) is 13.6. The van der Waals surface area contributed by atoms with Crippen LogP contribution in [0.5, 0.6) is 0 Å². The standard InChI is InChI=1S/C19H18N2O3/c1-11-9-15(11)17-8-7-13(23-17)10-20-21-19(22)18-12(2)14-5-3-4-6-16(14)24-18/h3-8,10-11,15H,9H2,1-2H3,(H,21,22)/b20-10-/t11-,15+/m0/s1. The lowest BCUT2D eigenvalue weighted by atomic mass is 10.1. The van der Waals surface area contributed by atoms with E-state index in [1.807, 2.05) is 43.3 Å². The number of amides is 1. The van der Waals surface area contributed by atoms with Gasteiger partial charge in [0.1, 0.15) is 17.1 Å². The number of hydrogen-bond donors (Lipinski definition) is 1. The highest BCUT2D eigenvalue weighted by Crippen LogP contribution is 2.47. The molecule has 0 radical (unpaired) electrons. The van der Waals surface area contributed by atoms with Crippen molar-refractivity contribution in [1.29, 1.82) is 0 Å². The molecule has 0 spiro atoms. The van der Waals surface area contributed by atoms with E-state index in [0.717, 1.165) is 16.7 Å². The van der Waals surface area contributed by atoms with Gasteiger partial charge in [0.15, 0.2) is 5.76 Å². The van der Waals surface area contributed by atoms with E-state index in [1.54, 1.807) is 0 Å². The molecule has 3 aromatic rings. The minimum Gasteiger partial charge on any atom is -0.460 e. The van der Waals surface area contributed by atoms with Crippen molar-refractivity contribution >= 4 is 23.1 Å². The number of nitrogens with one attached hydrogen (secondary N) is 1. The molecule has 1 aliphatic rings. The third-order valence-electron chi connectivity index (χ3n) is 4.53. The molecule has 1 saturated carbocycles. The molecular formula is C19H18N2O3. The smallest absolute Gasteiger partial charge is 0.307 e. The molecule has 1 fully saturated rings. The molecule has 1 amide bonds. The summed E-state index contributed by atoms with van der Waals surface area (Å²) in [5.41, 5.74) is 3.99. The van der Waals surface area contributed by atoms with E-state index < -0.39 is 0 Å². The molecule has 1 aromatic carbocycles. The number of hydrogen-bond acceptors (Lipinski definition) is 4. The van der Waals surface area contributed by atoms with Gasteiger partial charge in [-0.3, -0.25) is 4.79 Å². The second-order valence-corrected chi connectivity index (χ2v) is 6.31. The second kappa shape index (κ2) is 5.67. The van der Waals surface area contributed by atoms with Gasteiger partial charge in [-0.05, 0) is 37.5 Å². The fourth-order valence-electron chi connectivity index (χ4n) is 2.95. The number of benzene rings is 1. The third kappa shape index (κ3) is 2.62. The van der Waals surface area contributed by atoms with Crippen LogP contribution in [0, 0.1) is 12.8 Å². The van der Waals surface area contributed by atoms with Gasteiger partial charge in [0.2, 0.25) is 0 Å². The summed E-state index contributed by atoms with van der Waals surface area (Å²) in [5.74, 6) is 2.74. The summed E-state index contributed by atoms with van der Waals surface area (Å²) in [5, 5.41) is 4.89. The van der Waals surface area contributed by atoms with Gasteiger partial charge in [-0.2, -0.15) is 5.10 Å². The fourth-order valence-corrected chi connectivity index (χ4v) is 2.95. The molecule has 4 rings (SSSR count). The summed E-state index contributed by atoms with van der Waals surface area (Å²) in [7, 11) is 0. The van der Waals surface area contributed by atoms with Gasteiger partial charge < -0.3 is 8.83 Å². The van der Waals surface area contributed by atoms with Crippen molar-refractivity contribution in [3.63, 3.8) is 0 Å². The van der Waals surface area contributed by atoms with E-state index in [4.69, 9.17) is 8.83 Å². The number of para-hydroxylation sites is 1. The quantitative estimate of drug-likeness (QED) is 0.577. The number of nitrogens with zero attached hydrogens (tertiary/aromatic N) is 1. The Balaban J connectivity index is 1.45. The summed E-state index contributed by atoms with van der Waals surface area (Å²) in [6.45, 7) is 4.07. The minimum atomic E-state index is -0.373. The first-order valence-electron chi connectivity index (χ1n) is 8.04. The van der Waals surface area contributed by atoms with Crippen molar-refractivity contribution in [1.82, 2.24) is 5.43 Å². The van der Waals surface area contributed by atoms with Crippen molar-refractivity contribution in [2.45, 2.75) is 26.2 Å². The van der Waals surface area contributed by atoms with Crippen molar-refractivity contribution in [2.24, 2.45) is 11.0 Å². The molecule has 2 aromatic heterocycles. The van der Waals surface area contributed by atoms with Gasteiger partial charge in [-0.15, -0.1) is 0 Å². The van der Waals surface area contributed by atoms with E-state index in [-0.39, 0.29) is 11.7 Å². The number of furan rings is 2. The molecule has 0 unspecified atom stereocenters. The molecule has 2 atom stereocenters.